The summed E-state index contributed by atoms with van der Waals surface area (Å²) in [6.45, 7) is 22.9. The van der Waals surface area contributed by atoms with Crippen LogP contribution >= 0.6 is 0 Å². The Morgan fingerprint density at radius 2 is 0.940 bits per heavy atom. The van der Waals surface area contributed by atoms with E-state index in [1.165, 1.54) is 7.94 Å². The minimum Gasteiger partial charge on any atom is -0.392 e. The second-order valence-electron chi connectivity index (χ2n) is 24.0. The number of hydrogen-bond donors (Lipinski definition) is 2. The second-order valence-corrected chi connectivity index (χ2v) is 38.8. The lowest BCUT2D eigenvalue weighted by Crippen LogP contribution is -2.22. The molecule has 0 amide bonds. The highest BCUT2D eigenvalue weighted by molar-refractivity contribution is 7.90. The van der Waals surface area contributed by atoms with E-state index in [-0.39, 0.29) is 23.0 Å². The zero-order valence-corrected chi connectivity index (χ0v) is 53.0. The molecule has 20 heteroatoms. The van der Waals surface area contributed by atoms with E-state index < -0.39 is 36.2 Å². The van der Waals surface area contributed by atoms with Crippen LogP contribution in [-0.4, -0.2) is 83.5 Å². The van der Waals surface area contributed by atoms with Crippen molar-refractivity contribution in [2.24, 2.45) is 0 Å². The Labute approximate surface area is 493 Å². The molecule has 2 N–H and O–H groups in total. The number of nitrogens with zero attached hydrogens (tertiary/aromatic N) is 8. The van der Waals surface area contributed by atoms with Gasteiger partial charge in [0.2, 0.25) is 0 Å². The Kier molecular flexibility index (Phi) is 17.9. The van der Waals surface area contributed by atoms with Gasteiger partial charge in [-0.1, -0.05) is 86.8 Å². The van der Waals surface area contributed by atoms with Crippen LogP contribution in [0.5, 0.6) is 0 Å². The van der Waals surface area contributed by atoms with E-state index in [9.17, 15) is 37.6 Å². The van der Waals surface area contributed by atoms with Crippen molar-refractivity contribution in [3.63, 3.8) is 0 Å². The van der Waals surface area contributed by atoms with E-state index >= 15 is 0 Å². The lowest BCUT2D eigenvalue weighted by atomic mass is 9.97. The van der Waals surface area contributed by atoms with Crippen molar-refractivity contribution in [2.45, 2.75) is 128 Å². The van der Waals surface area contributed by atoms with Gasteiger partial charge in [0.15, 0.2) is 0 Å². The highest BCUT2D eigenvalue weighted by atomic mass is 32.2. The van der Waals surface area contributed by atoms with Crippen LogP contribution in [0, 0.1) is 50.4 Å². The molecule has 6 aromatic carbocycles. The van der Waals surface area contributed by atoms with Gasteiger partial charge in [-0.05, 0) is 135 Å². The standard InChI is InChI=1S/2C32H36N4O4SSi/c1-22-6-9-26(10-7-22)41(38,39)36-13-12-27-28(23(2)16-25(20-37)32(27)36)18-31-34-29-17-24(19-33)8-11-30(29)35(31)21-40-14-15-42(3,4)5;1-22-6-9-26(10-7-22)41(38,39)36-13-12-27-28(23(2)16-25(20-37)32(27)36)18-31-34-29-11-8-24(19-33)17-30(29)35(31)21-40-14-15-42(3,4)5/h2*6-13,16-17,37H,14-15,18,20-21H2,1-5H3. The number of fused-ring (bicyclic) bond motifs is 4. The Morgan fingerprint density at radius 3 is 1.37 bits per heavy atom. The van der Waals surface area contributed by atoms with Crippen molar-refractivity contribution in [3.05, 3.63) is 189 Å². The molecule has 10 rings (SSSR count). The third-order valence-electron chi connectivity index (χ3n) is 15.2. The van der Waals surface area contributed by atoms with Gasteiger partial charge in [0.25, 0.3) is 20.0 Å². The quantitative estimate of drug-likeness (QED) is 0.0538. The van der Waals surface area contributed by atoms with Crippen molar-refractivity contribution in [2.75, 3.05) is 13.2 Å². The predicted molar refractivity (Wildman–Crippen MR) is 335 cm³/mol. The van der Waals surface area contributed by atoms with Crippen LogP contribution < -0.4 is 0 Å². The van der Waals surface area contributed by atoms with Crippen molar-refractivity contribution in [1.82, 2.24) is 27.0 Å². The smallest absolute Gasteiger partial charge is 0.268 e. The first-order valence-electron chi connectivity index (χ1n) is 27.9. The molecule has 0 radical (unpaired) electrons. The van der Waals surface area contributed by atoms with Gasteiger partial charge >= 0.3 is 0 Å². The van der Waals surface area contributed by atoms with E-state index in [1.54, 1.807) is 91.3 Å². The molecule has 10 aromatic rings. The Hall–Kier alpha value is -7.51. The van der Waals surface area contributed by atoms with Gasteiger partial charge in [-0.15, -0.1) is 0 Å². The van der Waals surface area contributed by atoms with Gasteiger partial charge in [-0.2, -0.15) is 10.5 Å². The van der Waals surface area contributed by atoms with E-state index in [0.29, 0.717) is 78.3 Å². The average Bonchev–Trinajstić information content (AvgIpc) is 2.00. The van der Waals surface area contributed by atoms with E-state index in [4.69, 9.17) is 19.4 Å². The molecule has 0 spiro atoms. The summed E-state index contributed by atoms with van der Waals surface area (Å²) in [6, 6.07) is 38.2. The Balaban J connectivity index is 0.000000202. The first kappa shape index (κ1) is 61.1. The van der Waals surface area contributed by atoms with Crippen molar-refractivity contribution >= 4 is 80.1 Å². The number of hydrogen-bond acceptors (Lipinski definition) is 12. The number of aliphatic hydroxyl groups excluding tert-OH is 2. The average molecular weight is 1200 g/mol. The molecular formula is C64H72N8O8S2Si2. The maximum absolute atomic E-state index is 13.7. The van der Waals surface area contributed by atoms with Gasteiger partial charge < -0.3 is 28.8 Å². The molecule has 0 unspecified atom stereocenters. The van der Waals surface area contributed by atoms with Crippen LogP contribution in [0.25, 0.3) is 43.9 Å². The maximum atomic E-state index is 13.7. The van der Waals surface area contributed by atoms with Crippen molar-refractivity contribution in [3.8, 4) is 12.1 Å². The molecule has 4 aromatic heterocycles. The molecular weight excluding hydrogens is 1130 g/mol. The third kappa shape index (κ3) is 12.9. The molecule has 0 fully saturated rings. The Bertz CT molecular complexity index is 4260. The molecule has 0 atom stereocenters. The number of aliphatic hydroxyl groups is 2. The molecule has 0 saturated heterocycles. The fourth-order valence-corrected chi connectivity index (χ4v) is 14.7. The van der Waals surface area contributed by atoms with Crippen LogP contribution in [0.3, 0.4) is 0 Å². The Morgan fingerprint density at radius 1 is 0.524 bits per heavy atom. The molecule has 0 saturated carbocycles. The first-order valence-corrected chi connectivity index (χ1v) is 38.2. The summed E-state index contributed by atoms with van der Waals surface area (Å²) >= 11 is 0. The lowest BCUT2D eigenvalue weighted by Gasteiger charge is -2.17. The molecule has 0 aliphatic carbocycles. The number of aryl methyl sites for hydroxylation is 4. The zero-order valence-electron chi connectivity index (χ0n) is 49.4. The van der Waals surface area contributed by atoms with E-state index in [0.717, 1.165) is 84.4 Å². The molecule has 4 heterocycles. The van der Waals surface area contributed by atoms with E-state index in [2.05, 4.69) is 51.4 Å². The fourth-order valence-electron chi connectivity index (χ4n) is 10.4. The van der Waals surface area contributed by atoms with Crippen LogP contribution in [-0.2, 0) is 69.0 Å². The number of imidazole rings is 2. The van der Waals surface area contributed by atoms with Gasteiger partial charge in [0.05, 0.1) is 79.4 Å². The van der Waals surface area contributed by atoms with Gasteiger partial charge in [0, 0.05) is 76.5 Å². The molecule has 0 bridgehead atoms. The topological polar surface area (TPSA) is 220 Å². The summed E-state index contributed by atoms with van der Waals surface area (Å²) in [5, 5.41) is 41.0. The third-order valence-corrected chi connectivity index (χ3v) is 22.0. The van der Waals surface area contributed by atoms with Crippen LogP contribution in [0.2, 0.25) is 51.4 Å². The molecule has 16 nitrogen and oxygen atoms in total. The largest absolute Gasteiger partial charge is 0.392 e. The number of benzene rings is 6. The van der Waals surface area contributed by atoms with E-state index in [1.807, 2.05) is 67.2 Å². The highest BCUT2D eigenvalue weighted by Crippen LogP contribution is 2.35. The number of aromatic nitrogens is 6. The van der Waals surface area contributed by atoms with Crippen molar-refractivity contribution in [1.29, 1.82) is 10.5 Å². The van der Waals surface area contributed by atoms with Crippen molar-refractivity contribution < 1.29 is 36.5 Å². The molecule has 436 valence electrons. The minimum absolute atomic E-state index is 0.183. The minimum atomic E-state index is -3.90. The van der Waals surface area contributed by atoms with Crippen LogP contribution in [0.1, 0.15) is 67.3 Å². The summed E-state index contributed by atoms with van der Waals surface area (Å²) in [5.74, 6) is 1.51. The maximum Gasteiger partial charge on any atom is 0.268 e. The number of nitriles is 2. The van der Waals surface area contributed by atoms with Crippen LogP contribution in [0.15, 0.2) is 131 Å². The fraction of sp³-hybridized carbons (Fsp3) is 0.312. The summed E-state index contributed by atoms with van der Waals surface area (Å²) in [4.78, 5) is 10.2. The predicted octanol–water partition coefficient (Wildman–Crippen LogP) is 12.2. The van der Waals surface area contributed by atoms with Crippen LogP contribution in [0.4, 0.5) is 0 Å². The zero-order chi connectivity index (χ0) is 60.5. The normalized spacial score (nSPS) is 12.3. The summed E-state index contributed by atoms with van der Waals surface area (Å²) < 4.78 is 73.7. The SMILES string of the molecule is Cc1ccc(S(=O)(=O)n2ccc3c(Cc4nc5cc(C#N)ccc5n4COCC[Si](C)(C)C)c(C)cc(CO)c32)cc1.Cc1ccc(S(=O)(=O)n2ccc3c(Cc4nc5ccc(C#N)cc5n4COCC[Si](C)(C)C)c(C)cc(CO)c32)cc1. The highest BCUT2D eigenvalue weighted by Gasteiger charge is 2.27. The second kappa shape index (κ2) is 24.6. The van der Waals surface area contributed by atoms with Gasteiger partial charge in [0.1, 0.15) is 25.1 Å². The molecule has 84 heavy (non-hydrogen) atoms. The molecule has 0 aliphatic heterocycles. The summed E-state index contributed by atoms with van der Waals surface area (Å²) in [6.07, 6.45) is 3.94. The first-order chi connectivity index (χ1) is 39.8. The molecule has 0 aliphatic rings. The number of ether oxygens (including phenoxy) is 2. The van der Waals surface area contributed by atoms with Gasteiger partial charge in [-0.3, -0.25) is 0 Å². The lowest BCUT2D eigenvalue weighted by molar-refractivity contribution is 0.0880. The number of rotatable bonds is 20. The van der Waals surface area contributed by atoms with Gasteiger partial charge in [-0.25, -0.2) is 34.7 Å². The monoisotopic (exact) mass is 1200 g/mol. The summed E-state index contributed by atoms with van der Waals surface area (Å²) in [5.41, 5.74) is 11.8. The summed E-state index contributed by atoms with van der Waals surface area (Å²) in [7, 11) is -10.3.